The molecule has 0 atom stereocenters. The minimum Gasteiger partial charge on any atom is -0.495 e. The lowest BCUT2D eigenvalue weighted by atomic mass is 10.3. The van der Waals surface area contributed by atoms with Crippen molar-refractivity contribution in [1.29, 1.82) is 0 Å². The number of sulfonamides is 1. The predicted octanol–water partition coefficient (Wildman–Crippen LogP) is 3.00. The zero-order chi connectivity index (χ0) is 19.4. The van der Waals surface area contributed by atoms with E-state index in [9.17, 15) is 13.2 Å². The van der Waals surface area contributed by atoms with E-state index >= 15 is 0 Å². The molecule has 9 heteroatoms. The van der Waals surface area contributed by atoms with Crippen LogP contribution in [-0.4, -0.2) is 56.9 Å². The van der Waals surface area contributed by atoms with E-state index in [1.807, 2.05) is 6.07 Å². The fourth-order valence-electron chi connectivity index (χ4n) is 2.85. The van der Waals surface area contributed by atoms with Crippen LogP contribution in [0.2, 0.25) is 0 Å². The van der Waals surface area contributed by atoms with Gasteiger partial charge in [0.05, 0.1) is 17.7 Å². The summed E-state index contributed by atoms with van der Waals surface area (Å²) in [6.45, 7) is 1.12. The second-order valence-electron chi connectivity index (χ2n) is 5.98. The number of benzene rings is 2. The van der Waals surface area contributed by atoms with Crippen LogP contribution in [0.25, 0.3) is 0 Å². The molecule has 0 radical (unpaired) electrons. The largest absolute Gasteiger partial charge is 0.495 e. The third kappa shape index (κ3) is 4.42. The number of hydrogen-bond acceptors (Lipinski definition) is 4. The maximum absolute atomic E-state index is 12.8. The number of rotatable bonds is 4. The molecule has 1 heterocycles. The Morgan fingerprint density at radius 2 is 1.78 bits per heavy atom. The summed E-state index contributed by atoms with van der Waals surface area (Å²) < 4.78 is 32.9. The Balaban J connectivity index is 1.64. The topological polar surface area (TPSA) is 79.0 Å². The Bertz CT molecular complexity index is 928. The number of carbonyl (C=O) groups is 1. The van der Waals surface area contributed by atoms with Gasteiger partial charge in [-0.15, -0.1) is 0 Å². The zero-order valence-corrected chi connectivity index (χ0v) is 17.2. The van der Waals surface area contributed by atoms with Crippen LogP contribution < -0.4 is 10.1 Å². The molecule has 0 bridgehead atoms. The fraction of sp³-hybridized carbons (Fsp3) is 0.278. The molecule has 1 aliphatic heterocycles. The van der Waals surface area contributed by atoms with E-state index in [0.29, 0.717) is 29.0 Å². The second kappa shape index (κ2) is 8.28. The standard InChI is InChI=1S/C18H20BrN3O4S/c1-26-17-8-3-2-7-16(17)20-18(23)21-9-11-22(12-10-21)27(24,25)15-6-4-5-14(19)13-15/h2-8,13H,9-12H2,1H3,(H,20,23). The molecule has 1 aliphatic rings. The molecule has 0 spiro atoms. The number of amides is 2. The maximum atomic E-state index is 12.8. The minimum atomic E-state index is -3.58. The normalized spacial score (nSPS) is 15.4. The number of nitrogens with one attached hydrogen (secondary N) is 1. The van der Waals surface area contributed by atoms with Crippen LogP contribution in [0.4, 0.5) is 10.5 Å². The second-order valence-corrected chi connectivity index (χ2v) is 8.83. The molecule has 1 N–H and O–H groups in total. The van der Waals surface area contributed by atoms with Crippen molar-refractivity contribution >= 4 is 37.7 Å². The van der Waals surface area contributed by atoms with E-state index in [1.54, 1.807) is 47.4 Å². The van der Waals surface area contributed by atoms with Gasteiger partial charge in [-0.25, -0.2) is 13.2 Å². The smallest absolute Gasteiger partial charge is 0.322 e. The lowest BCUT2D eigenvalue weighted by Crippen LogP contribution is -2.51. The third-order valence-corrected chi connectivity index (χ3v) is 6.70. The fourth-order valence-corrected chi connectivity index (χ4v) is 4.87. The van der Waals surface area contributed by atoms with Crippen LogP contribution >= 0.6 is 15.9 Å². The number of carbonyl (C=O) groups excluding carboxylic acids is 1. The predicted molar refractivity (Wildman–Crippen MR) is 106 cm³/mol. The highest BCUT2D eigenvalue weighted by molar-refractivity contribution is 9.10. The average molecular weight is 454 g/mol. The van der Waals surface area contributed by atoms with E-state index in [0.717, 1.165) is 0 Å². The van der Waals surface area contributed by atoms with Gasteiger partial charge in [0, 0.05) is 30.7 Å². The van der Waals surface area contributed by atoms with E-state index in [2.05, 4.69) is 21.2 Å². The summed E-state index contributed by atoms with van der Waals surface area (Å²) in [6.07, 6.45) is 0. The molecule has 0 unspecified atom stereocenters. The number of hydrogen-bond donors (Lipinski definition) is 1. The third-order valence-electron chi connectivity index (χ3n) is 4.31. The van der Waals surface area contributed by atoms with Crippen molar-refractivity contribution in [2.75, 3.05) is 38.6 Å². The summed E-state index contributed by atoms with van der Waals surface area (Å²) in [5.74, 6) is 0.571. The van der Waals surface area contributed by atoms with Gasteiger partial charge in [-0.1, -0.05) is 34.1 Å². The number of methoxy groups -OCH3 is 1. The first-order valence-corrected chi connectivity index (χ1v) is 10.6. The Labute approximate surface area is 167 Å². The minimum absolute atomic E-state index is 0.240. The van der Waals surface area contributed by atoms with Crippen molar-refractivity contribution in [2.24, 2.45) is 0 Å². The first-order valence-electron chi connectivity index (χ1n) is 8.36. The first-order chi connectivity index (χ1) is 12.9. The molecular weight excluding hydrogens is 434 g/mol. The molecule has 144 valence electrons. The van der Waals surface area contributed by atoms with Gasteiger partial charge in [0.1, 0.15) is 5.75 Å². The molecule has 1 fully saturated rings. The number of ether oxygens (including phenoxy) is 1. The Kier molecular flexibility index (Phi) is 6.03. The van der Waals surface area contributed by atoms with Crippen molar-refractivity contribution in [2.45, 2.75) is 4.90 Å². The van der Waals surface area contributed by atoms with E-state index in [4.69, 9.17) is 4.74 Å². The average Bonchev–Trinajstić information content (AvgIpc) is 2.68. The van der Waals surface area contributed by atoms with Crippen molar-refractivity contribution < 1.29 is 17.9 Å². The molecule has 27 heavy (non-hydrogen) atoms. The molecule has 0 aromatic heterocycles. The van der Waals surface area contributed by atoms with Crippen molar-refractivity contribution in [3.8, 4) is 5.75 Å². The highest BCUT2D eigenvalue weighted by Gasteiger charge is 2.30. The number of anilines is 1. The molecule has 1 saturated heterocycles. The van der Waals surface area contributed by atoms with Gasteiger partial charge in [0.2, 0.25) is 10.0 Å². The van der Waals surface area contributed by atoms with Gasteiger partial charge in [0.15, 0.2) is 0 Å². The van der Waals surface area contributed by atoms with Crippen LogP contribution in [0.3, 0.4) is 0 Å². The summed E-state index contributed by atoms with van der Waals surface area (Å²) >= 11 is 3.30. The SMILES string of the molecule is COc1ccccc1NC(=O)N1CCN(S(=O)(=O)c2cccc(Br)c2)CC1. The van der Waals surface area contributed by atoms with Gasteiger partial charge in [0.25, 0.3) is 0 Å². The lowest BCUT2D eigenvalue weighted by Gasteiger charge is -2.34. The highest BCUT2D eigenvalue weighted by atomic mass is 79.9. The van der Waals surface area contributed by atoms with Crippen LogP contribution in [0.15, 0.2) is 57.9 Å². The molecule has 0 aliphatic carbocycles. The number of urea groups is 1. The zero-order valence-electron chi connectivity index (χ0n) is 14.8. The van der Waals surface area contributed by atoms with Crippen LogP contribution in [0, 0.1) is 0 Å². The summed E-state index contributed by atoms with van der Waals surface area (Å²) in [5, 5.41) is 2.81. The van der Waals surface area contributed by atoms with Crippen molar-refractivity contribution in [3.05, 3.63) is 53.0 Å². The number of halogens is 1. The molecule has 2 aromatic rings. The number of para-hydroxylation sites is 2. The molecule has 3 rings (SSSR count). The first kappa shape index (κ1) is 19.7. The monoisotopic (exact) mass is 453 g/mol. The van der Waals surface area contributed by atoms with Gasteiger partial charge < -0.3 is 15.0 Å². The molecular formula is C18H20BrN3O4S. The van der Waals surface area contributed by atoms with Gasteiger partial charge >= 0.3 is 6.03 Å². The molecule has 2 amide bonds. The van der Waals surface area contributed by atoms with E-state index in [-0.39, 0.29) is 24.0 Å². The van der Waals surface area contributed by atoms with Crippen LogP contribution in [0.1, 0.15) is 0 Å². The molecule has 0 saturated carbocycles. The van der Waals surface area contributed by atoms with Crippen LogP contribution in [-0.2, 0) is 10.0 Å². The Morgan fingerprint density at radius 1 is 1.07 bits per heavy atom. The molecule has 2 aromatic carbocycles. The summed E-state index contributed by atoms with van der Waals surface area (Å²) in [4.78, 5) is 14.3. The maximum Gasteiger partial charge on any atom is 0.322 e. The van der Waals surface area contributed by atoms with Gasteiger partial charge in [-0.05, 0) is 30.3 Å². The summed E-state index contributed by atoms with van der Waals surface area (Å²) in [7, 11) is -2.04. The Morgan fingerprint density at radius 3 is 2.44 bits per heavy atom. The van der Waals surface area contributed by atoms with E-state index < -0.39 is 10.0 Å². The highest BCUT2D eigenvalue weighted by Crippen LogP contribution is 2.24. The summed E-state index contributed by atoms with van der Waals surface area (Å²) in [5.41, 5.74) is 0.578. The van der Waals surface area contributed by atoms with E-state index in [1.165, 1.54) is 11.4 Å². The van der Waals surface area contributed by atoms with Gasteiger partial charge in [-0.2, -0.15) is 4.31 Å². The lowest BCUT2D eigenvalue weighted by molar-refractivity contribution is 0.184. The Hall–Kier alpha value is -2.10. The van der Waals surface area contributed by atoms with Crippen molar-refractivity contribution in [1.82, 2.24) is 9.21 Å². The number of nitrogens with zero attached hydrogens (tertiary/aromatic N) is 2. The quantitative estimate of drug-likeness (QED) is 0.771. The summed E-state index contributed by atoms with van der Waals surface area (Å²) in [6, 6.07) is 13.5. The van der Waals surface area contributed by atoms with Gasteiger partial charge in [-0.3, -0.25) is 0 Å². The molecule has 7 nitrogen and oxygen atoms in total. The van der Waals surface area contributed by atoms with Crippen molar-refractivity contribution in [3.63, 3.8) is 0 Å². The number of piperazine rings is 1. The van der Waals surface area contributed by atoms with Crippen LogP contribution in [0.5, 0.6) is 5.75 Å².